The first-order valence-electron chi connectivity index (χ1n) is 10.8. The zero-order valence-corrected chi connectivity index (χ0v) is 19.3. The summed E-state index contributed by atoms with van der Waals surface area (Å²) in [6, 6.07) is 10.6. The maximum atomic E-state index is 15.3. The third kappa shape index (κ3) is 3.68. The predicted molar refractivity (Wildman–Crippen MR) is 124 cm³/mol. The summed E-state index contributed by atoms with van der Waals surface area (Å²) in [7, 11) is 0. The molecule has 2 aromatic rings. The number of primary amides is 1. The molecule has 1 aliphatic carbocycles. The first-order valence-corrected chi connectivity index (χ1v) is 11.5. The van der Waals surface area contributed by atoms with Gasteiger partial charge in [0.1, 0.15) is 5.82 Å². The number of benzene rings is 2. The second-order valence-electron chi connectivity index (χ2n) is 8.95. The number of hydrogen-bond acceptors (Lipinski definition) is 3. The Bertz CT molecular complexity index is 1060. The lowest BCUT2D eigenvalue weighted by atomic mass is 9.58. The molecule has 4 rings (SSSR count). The van der Waals surface area contributed by atoms with Crippen molar-refractivity contribution in [2.75, 3.05) is 5.32 Å². The summed E-state index contributed by atoms with van der Waals surface area (Å²) >= 11 is 12.2. The molecule has 1 aliphatic heterocycles. The molecule has 1 saturated carbocycles. The van der Waals surface area contributed by atoms with Crippen LogP contribution in [0.15, 0.2) is 42.5 Å². The Kier molecular flexibility index (Phi) is 6.23. The summed E-state index contributed by atoms with van der Waals surface area (Å²) in [5.74, 6) is -2.42. The monoisotopic (exact) mass is 477 g/mol. The minimum absolute atomic E-state index is 0.0621. The van der Waals surface area contributed by atoms with Crippen molar-refractivity contribution in [2.45, 2.75) is 56.5 Å². The van der Waals surface area contributed by atoms with Gasteiger partial charge in [-0.2, -0.15) is 0 Å². The molecular weight excluding hydrogens is 452 g/mol. The highest BCUT2D eigenvalue weighted by Gasteiger charge is 2.66. The molecule has 0 aromatic heterocycles. The van der Waals surface area contributed by atoms with E-state index >= 15 is 4.39 Å². The van der Waals surface area contributed by atoms with Gasteiger partial charge in [-0.1, -0.05) is 60.7 Å². The summed E-state index contributed by atoms with van der Waals surface area (Å²) in [5.41, 5.74) is 4.63. The van der Waals surface area contributed by atoms with Crippen LogP contribution >= 0.6 is 23.2 Å². The zero-order valence-electron chi connectivity index (χ0n) is 17.8. The van der Waals surface area contributed by atoms with E-state index in [4.69, 9.17) is 28.9 Å². The Morgan fingerprint density at radius 2 is 1.81 bits per heavy atom. The molecule has 4 N–H and O–H groups in total. The molecule has 1 heterocycles. The molecule has 1 saturated heterocycles. The SMILES string of the molecule is CC1(C(=O)Nc2cccc(Cl)c2)C(c2cccc(Cl)c2F)[C@H](C(N)=O)NC12CCCCC2. The number of nitrogens with one attached hydrogen (secondary N) is 2. The van der Waals surface area contributed by atoms with Crippen LogP contribution in [-0.4, -0.2) is 23.4 Å². The molecule has 0 radical (unpaired) electrons. The van der Waals surface area contributed by atoms with Crippen molar-refractivity contribution >= 4 is 40.7 Å². The van der Waals surface area contributed by atoms with E-state index in [2.05, 4.69) is 10.6 Å². The third-order valence-electron chi connectivity index (χ3n) is 7.27. The molecule has 8 heteroatoms. The number of hydrogen-bond donors (Lipinski definition) is 3. The van der Waals surface area contributed by atoms with Gasteiger partial charge in [-0.25, -0.2) is 4.39 Å². The van der Waals surface area contributed by atoms with Gasteiger partial charge in [-0.3, -0.25) is 14.9 Å². The van der Waals surface area contributed by atoms with Gasteiger partial charge in [0, 0.05) is 22.2 Å². The standard InChI is InChI=1S/C24H26Cl2FN3O2/c1-23(22(32)29-15-8-5-7-14(25)13-15)18(16-9-6-10-17(26)19(16)27)20(21(28)31)30-24(23)11-3-2-4-12-24/h5-10,13,18,20,30H,2-4,11-12H2,1H3,(H2,28,31)(H,29,32)/t18?,20-,23?/m1/s1. The topological polar surface area (TPSA) is 84.2 Å². The van der Waals surface area contributed by atoms with Gasteiger partial charge in [0.2, 0.25) is 11.8 Å². The van der Waals surface area contributed by atoms with Crippen molar-refractivity contribution in [1.82, 2.24) is 5.32 Å². The number of carbonyl (C=O) groups excluding carboxylic acids is 2. The van der Waals surface area contributed by atoms with Crippen LogP contribution in [0.3, 0.4) is 0 Å². The number of anilines is 1. The van der Waals surface area contributed by atoms with Crippen molar-refractivity contribution in [3.05, 3.63) is 63.9 Å². The largest absolute Gasteiger partial charge is 0.368 e. The first-order chi connectivity index (χ1) is 15.2. The van der Waals surface area contributed by atoms with Crippen LogP contribution in [-0.2, 0) is 9.59 Å². The Morgan fingerprint density at radius 3 is 2.47 bits per heavy atom. The highest BCUT2D eigenvalue weighted by molar-refractivity contribution is 6.31. The Labute approximate surface area is 196 Å². The molecule has 2 unspecified atom stereocenters. The van der Waals surface area contributed by atoms with E-state index in [0.29, 0.717) is 23.6 Å². The molecule has 2 aliphatic rings. The van der Waals surface area contributed by atoms with E-state index in [9.17, 15) is 9.59 Å². The number of nitrogens with two attached hydrogens (primary N) is 1. The van der Waals surface area contributed by atoms with Crippen LogP contribution in [0.1, 0.15) is 50.5 Å². The van der Waals surface area contributed by atoms with Crippen molar-refractivity contribution in [3.63, 3.8) is 0 Å². The normalized spacial score (nSPS) is 26.8. The number of amides is 2. The lowest BCUT2D eigenvalue weighted by Gasteiger charge is -2.47. The smallest absolute Gasteiger partial charge is 0.235 e. The van der Waals surface area contributed by atoms with E-state index in [1.54, 1.807) is 43.3 Å². The first kappa shape index (κ1) is 23.0. The van der Waals surface area contributed by atoms with Gasteiger partial charge in [-0.05, 0) is 49.6 Å². The van der Waals surface area contributed by atoms with Crippen molar-refractivity contribution in [2.24, 2.45) is 11.1 Å². The van der Waals surface area contributed by atoms with Crippen LogP contribution in [0.4, 0.5) is 10.1 Å². The molecule has 1 spiro atoms. The molecule has 170 valence electrons. The summed E-state index contributed by atoms with van der Waals surface area (Å²) < 4.78 is 15.3. The average molecular weight is 478 g/mol. The molecule has 0 bridgehead atoms. The van der Waals surface area contributed by atoms with Gasteiger partial charge in [-0.15, -0.1) is 0 Å². The quantitative estimate of drug-likeness (QED) is 0.577. The van der Waals surface area contributed by atoms with Crippen LogP contribution < -0.4 is 16.4 Å². The summed E-state index contributed by atoms with van der Waals surface area (Å²) in [4.78, 5) is 26.5. The van der Waals surface area contributed by atoms with E-state index < -0.39 is 34.6 Å². The van der Waals surface area contributed by atoms with Gasteiger partial charge in [0.15, 0.2) is 0 Å². The maximum absolute atomic E-state index is 15.3. The number of halogens is 3. The fraction of sp³-hybridized carbons (Fsp3) is 0.417. The van der Waals surface area contributed by atoms with E-state index in [1.165, 1.54) is 6.07 Å². The summed E-state index contributed by atoms with van der Waals surface area (Å²) in [6.07, 6.45) is 4.17. The van der Waals surface area contributed by atoms with Crippen LogP contribution in [0.5, 0.6) is 0 Å². The second-order valence-corrected chi connectivity index (χ2v) is 9.80. The Morgan fingerprint density at radius 1 is 1.12 bits per heavy atom. The Balaban J connectivity index is 1.88. The zero-order chi connectivity index (χ0) is 23.1. The van der Waals surface area contributed by atoms with E-state index in [-0.39, 0.29) is 16.5 Å². The van der Waals surface area contributed by atoms with Crippen LogP contribution in [0, 0.1) is 11.2 Å². The van der Waals surface area contributed by atoms with Crippen molar-refractivity contribution in [3.8, 4) is 0 Å². The number of rotatable bonds is 4. The minimum atomic E-state index is -1.18. The molecule has 2 fully saturated rings. The van der Waals surface area contributed by atoms with Crippen molar-refractivity contribution in [1.29, 1.82) is 0 Å². The predicted octanol–water partition coefficient (Wildman–Crippen LogP) is 5.02. The third-order valence-corrected chi connectivity index (χ3v) is 7.79. The maximum Gasteiger partial charge on any atom is 0.235 e. The van der Waals surface area contributed by atoms with Crippen LogP contribution in [0.2, 0.25) is 10.0 Å². The molecule has 2 aromatic carbocycles. The lowest BCUT2D eigenvalue weighted by Crippen LogP contribution is -2.58. The molecule has 2 amide bonds. The fourth-order valence-corrected chi connectivity index (χ4v) is 6.03. The highest BCUT2D eigenvalue weighted by atomic mass is 35.5. The van der Waals surface area contributed by atoms with Crippen molar-refractivity contribution < 1.29 is 14.0 Å². The summed E-state index contributed by atoms with van der Waals surface area (Å²) in [6.45, 7) is 1.80. The minimum Gasteiger partial charge on any atom is -0.368 e. The Hall–Kier alpha value is -2.15. The lowest BCUT2D eigenvalue weighted by molar-refractivity contribution is -0.129. The molecular formula is C24H26Cl2FN3O2. The average Bonchev–Trinajstić information content (AvgIpc) is 3.00. The molecule has 3 atom stereocenters. The van der Waals surface area contributed by atoms with E-state index in [0.717, 1.165) is 19.3 Å². The van der Waals surface area contributed by atoms with Crippen LogP contribution in [0.25, 0.3) is 0 Å². The van der Waals surface area contributed by atoms with Gasteiger partial charge in [0.05, 0.1) is 16.5 Å². The second kappa shape index (κ2) is 8.65. The fourth-order valence-electron chi connectivity index (χ4n) is 5.65. The van der Waals surface area contributed by atoms with Gasteiger partial charge >= 0.3 is 0 Å². The highest BCUT2D eigenvalue weighted by Crippen LogP contribution is 2.58. The molecule has 5 nitrogen and oxygen atoms in total. The van der Waals surface area contributed by atoms with Gasteiger partial charge in [0.25, 0.3) is 0 Å². The summed E-state index contributed by atoms with van der Waals surface area (Å²) in [5, 5.41) is 6.78. The molecule has 32 heavy (non-hydrogen) atoms. The van der Waals surface area contributed by atoms with Gasteiger partial charge < -0.3 is 11.1 Å². The van der Waals surface area contributed by atoms with E-state index in [1.807, 2.05) is 0 Å². The number of carbonyl (C=O) groups is 2.